The predicted octanol–water partition coefficient (Wildman–Crippen LogP) is 4.10. The number of nitrogens with zero attached hydrogens (tertiary/aromatic N) is 3. The summed E-state index contributed by atoms with van der Waals surface area (Å²) in [6.45, 7) is 4.93. The van der Waals surface area contributed by atoms with Crippen LogP contribution in [-0.4, -0.2) is 47.3 Å². The highest BCUT2D eigenvalue weighted by molar-refractivity contribution is 6.33. The van der Waals surface area contributed by atoms with Crippen LogP contribution in [0.3, 0.4) is 0 Å². The van der Waals surface area contributed by atoms with Crippen LogP contribution in [0.5, 0.6) is 0 Å². The summed E-state index contributed by atoms with van der Waals surface area (Å²) in [5.41, 5.74) is 4.61. The Hall–Kier alpha value is -2.63. The van der Waals surface area contributed by atoms with Gasteiger partial charge in [-0.05, 0) is 45.5 Å². The van der Waals surface area contributed by atoms with Gasteiger partial charge in [-0.2, -0.15) is 5.10 Å². The highest BCUT2D eigenvalue weighted by Crippen LogP contribution is 2.21. The van der Waals surface area contributed by atoms with E-state index in [4.69, 9.17) is 11.6 Å². The van der Waals surface area contributed by atoms with E-state index >= 15 is 0 Å². The second kappa shape index (κ2) is 9.92. The van der Waals surface area contributed by atoms with E-state index in [1.807, 2.05) is 51.4 Å². The van der Waals surface area contributed by atoms with Gasteiger partial charge < -0.3 is 10.2 Å². The molecule has 1 aromatic heterocycles. The first-order valence-electron chi connectivity index (χ1n) is 10.1. The van der Waals surface area contributed by atoms with Crippen molar-refractivity contribution in [1.29, 1.82) is 0 Å². The molecule has 2 aromatic carbocycles. The summed E-state index contributed by atoms with van der Waals surface area (Å²) in [6, 6.07) is 18.7. The summed E-state index contributed by atoms with van der Waals surface area (Å²) in [4.78, 5) is 15.0. The molecule has 0 spiro atoms. The van der Waals surface area contributed by atoms with Gasteiger partial charge in [0.15, 0.2) is 0 Å². The smallest absolute Gasteiger partial charge is 0.256 e. The zero-order chi connectivity index (χ0) is 21.7. The SMILES string of the molecule is Cc1ccc(Cn2nc(C)c(C(=O)NCC(Cc3ccccc3)N(C)C)c2Cl)cc1. The van der Waals surface area contributed by atoms with E-state index in [1.165, 1.54) is 11.1 Å². The maximum atomic E-state index is 12.9. The van der Waals surface area contributed by atoms with Crippen LogP contribution < -0.4 is 5.32 Å². The number of rotatable bonds is 8. The third-order valence-electron chi connectivity index (χ3n) is 5.29. The van der Waals surface area contributed by atoms with Crippen molar-refractivity contribution in [1.82, 2.24) is 20.0 Å². The third kappa shape index (κ3) is 5.49. The monoisotopic (exact) mass is 424 g/mol. The van der Waals surface area contributed by atoms with Crippen molar-refractivity contribution >= 4 is 17.5 Å². The van der Waals surface area contributed by atoms with Gasteiger partial charge in [-0.1, -0.05) is 71.8 Å². The number of hydrogen-bond donors (Lipinski definition) is 1. The molecule has 5 nitrogen and oxygen atoms in total. The Morgan fingerprint density at radius 1 is 1.07 bits per heavy atom. The van der Waals surface area contributed by atoms with Crippen molar-refractivity contribution in [2.75, 3.05) is 20.6 Å². The number of halogens is 1. The number of carbonyl (C=O) groups excluding carboxylic acids is 1. The molecule has 0 bridgehead atoms. The number of hydrogen-bond acceptors (Lipinski definition) is 3. The van der Waals surface area contributed by atoms with Gasteiger partial charge in [0.1, 0.15) is 5.15 Å². The Morgan fingerprint density at radius 2 is 1.73 bits per heavy atom. The molecule has 0 fully saturated rings. The Labute approximate surface area is 183 Å². The molecule has 6 heteroatoms. The van der Waals surface area contributed by atoms with Crippen molar-refractivity contribution in [3.05, 3.63) is 87.7 Å². The molecule has 1 heterocycles. The maximum absolute atomic E-state index is 12.9. The molecular weight excluding hydrogens is 396 g/mol. The molecule has 0 saturated heterocycles. The second-order valence-electron chi connectivity index (χ2n) is 7.91. The highest BCUT2D eigenvalue weighted by Gasteiger charge is 2.22. The summed E-state index contributed by atoms with van der Waals surface area (Å²) in [7, 11) is 4.05. The Morgan fingerprint density at radius 3 is 2.37 bits per heavy atom. The molecule has 0 aliphatic carbocycles. The van der Waals surface area contributed by atoms with Crippen molar-refractivity contribution in [2.24, 2.45) is 0 Å². The maximum Gasteiger partial charge on any atom is 0.256 e. The molecule has 1 unspecified atom stereocenters. The van der Waals surface area contributed by atoms with Gasteiger partial charge in [0.05, 0.1) is 17.8 Å². The number of aromatic nitrogens is 2. The Bertz CT molecular complexity index is 980. The van der Waals surface area contributed by atoms with Gasteiger partial charge in [0, 0.05) is 12.6 Å². The van der Waals surface area contributed by atoms with Crippen LogP contribution in [0.2, 0.25) is 5.15 Å². The number of carbonyl (C=O) groups is 1. The summed E-state index contributed by atoms with van der Waals surface area (Å²) < 4.78 is 1.68. The lowest BCUT2D eigenvalue weighted by atomic mass is 10.1. The predicted molar refractivity (Wildman–Crippen MR) is 122 cm³/mol. The number of amides is 1. The lowest BCUT2D eigenvalue weighted by Gasteiger charge is -2.24. The van der Waals surface area contributed by atoms with E-state index in [1.54, 1.807) is 4.68 Å². The molecule has 30 heavy (non-hydrogen) atoms. The topological polar surface area (TPSA) is 50.2 Å². The van der Waals surface area contributed by atoms with Crippen LogP contribution in [0, 0.1) is 13.8 Å². The minimum Gasteiger partial charge on any atom is -0.350 e. The van der Waals surface area contributed by atoms with E-state index in [0.29, 0.717) is 29.5 Å². The molecule has 1 amide bonds. The summed E-state index contributed by atoms with van der Waals surface area (Å²) in [6.07, 6.45) is 0.855. The van der Waals surface area contributed by atoms with Crippen LogP contribution in [0.1, 0.15) is 32.7 Å². The van der Waals surface area contributed by atoms with E-state index < -0.39 is 0 Å². The van der Waals surface area contributed by atoms with Gasteiger partial charge in [-0.3, -0.25) is 4.79 Å². The molecule has 3 aromatic rings. The lowest BCUT2D eigenvalue weighted by molar-refractivity contribution is 0.0941. The number of aryl methyl sites for hydroxylation is 2. The van der Waals surface area contributed by atoms with E-state index in [9.17, 15) is 4.79 Å². The summed E-state index contributed by atoms with van der Waals surface area (Å²) >= 11 is 6.54. The highest BCUT2D eigenvalue weighted by atomic mass is 35.5. The molecule has 1 atom stereocenters. The van der Waals surface area contributed by atoms with Crippen LogP contribution >= 0.6 is 11.6 Å². The lowest BCUT2D eigenvalue weighted by Crippen LogP contribution is -2.41. The largest absolute Gasteiger partial charge is 0.350 e. The molecule has 1 N–H and O–H groups in total. The van der Waals surface area contributed by atoms with Crippen LogP contribution in [0.4, 0.5) is 0 Å². The van der Waals surface area contributed by atoms with Gasteiger partial charge in [0.2, 0.25) is 0 Å². The Balaban J connectivity index is 1.68. The zero-order valence-electron chi connectivity index (χ0n) is 18.0. The standard InChI is InChI=1S/C24H29ClN4O/c1-17-10-12-20(13-11-17)16-29-23(25)22(18(2)27-29)24(30)26-15-21(28(3)4)14-19-8-6-5-7-9-19/h5-13,21H,14-16H2,1-4H3,(H,26,30). The molecule has 0 radical (unpaired) electrons. The van der Waals surface area contributed by atoms with E-state index in [2.05, 4.69) is 46.5 Å². The van der Waals surface area contributed by atoms with Gasteiger partial charge >= 0.3 is 0 Å². The normalized spacial score (nSPS) is 12.2. The molecule has 3 rings (SSSR count). The third-order valence-corrected chi connectivity index (χ3v) is 5.67. The molecular formula is C24H29ClN4O. The van der Waals surface area contributed by atoms with Crippen LogP contribution in [0.25, 0.3) is 0 Å². The molecule has 158 valence electrons. The fraction of sp³-hybridized carbons (Fsp3) is 0.333. The minimum atomic E-state index is -0.187. The molecule has 0 saturated carbocycles. The van der Waals surface area contributed by atoms with Crippen LogP contribution in [0.15, 0.2) is 54.6 Å². The number of likely N-dealkylation sites (N-methyl/N-ethyl adjacent to an activating group) is 1. The quantitative estimate of drug-likeness (QED) is 0.592. The average molecular weight is 425 g/mol. The first-order valence-corrected chi connectivity index (χ1v) is 10.5. The van der Waals surface area contributed by atoms with Crippen LogP contribution in [-0.2, 0) is 13.0 Å². The van der Waals surface area contributed by atoms with Gasteiger partial charge in [0.25, 0.3) is 5.91 Å². The van der Waals surface area contributed by atoms with Crippen molar-refractivity contribution in [3.8, 4) is 0 Å². The van der Waals surface area contributed by atoms with E-state index in [-0.39, 0.29) is 11.9 Å². The zero-order valence-corrected chi connectivity index (χ0v) is 18.8. The minimum absolute atomic E-state index is 0.179. The van der Waals surface area contributed by atoms with Gasteiger partial charge in [-0.25, -0.2) is 4.68 Å². The molecule has 0 aliphatic heterocycles. The van der Waals surface area contributed by atoms with Gasteiger partial charge in [-0.15, -0.1) is 0 Å². The number of benzene rings is 2. The van der Waals surface area contributed by atoms with E-state index in [0.717, 1.165) is 12.0 Å². The fourth-order valence-corrected chi connectivity index (χ4v) is 3.72. The average Bonchev–Trinajstić information content (AvgIpc) is 3.00. The summed E-state index contributed by atoms with van der Waals surface area (Å²) in [5.74, 6) is -0.187. The first kappa shape index (κ1) is 22.1. The van der Waals surface area contributed by atoms with Crippen molar-refractivity contribution in [3.63, 3.8) is 0 Å². The second-order valence-corrected chi connectivity index (χ2v) is 8.27. The van der Waals surface area contributed by atoms with Crippen molar-refractivity contribution < 1.29 is 4.79 Å². The summed E-state index contributed by atoms with van der Waals surface area (Å²) in [5, 5.41) is 7.91. The first-order chi connectivity index (χ1) is 14.3. The molecule has 0 aliphatic rings. The fourth-order valence-electron chi connectivity index (χ4n) is 3.40. The Kier molecular flexibility index (Phi) is 7.29. The number of nitrogens with one attached hydrogen (secondary N) is 1. The van der Waals surface area contributed by atoms with Crippen molar-refractivity contribution in [2.45, 2.75) is 32.9 Å².